The van der Waals surface area contributed by atoms with E-state index in [-0.39, 0.29) is 5.92 Å². The van der Waals surface area contributed by atoms with Gasteiger partial charge in [0.05, 0.1) is 18.1 Å². The Hall–Kier alpha value is -0.880. The highest BCUT2D eigenvalue weighted by atomic mass is 32.2. The largest absolute Gasteiger partial charge is 0.388 e. The molecule has 0 radical (unpaired) electrons. The first kappa shape index (κ1) is 13.1. The van der Waals surface area contributed by atoms with Crippen LogP contribution in [0.3, 0.4) is 0 Å². The van der Waals surface area contributed by atoms with E-state index < -0.39 is 16.2 Å². The summed E-state index contributed by atoms with van der Waals surface area (Å²) in [7, 11) is -3.58. The van der Waals surface area contributed by atoms with Crippen molar-refractivity contribution in [3.05, 3.63) is 12.7 Å². The lowest BCUT2D eigenvalue weighted by atomic mass is 10.0. The Balaban J connectivity index is 4.46. The Kier molecular flexibility index (Phi) is 4.79. The zero-order chi connectivity index (χ0) is 11.4. The minimum Gasteiger partial charge on any atom is -0.388 e. The lowest BCUT2D eigenvalue weighted by Gasteiger charge is -2.13. The molecule has 0 aromatic heterocycles. The van der Waals surface area contributed by atoms with Crippen molar-refractivity contribution in [2.45, 2.75) is 20.0 Å². The predicted molar refractivity (Wildman–Crippen MR) is 54.4 cm³/mol. The van der Waals surface area contributed by atoms with Gasteiger partial charge in [-0.25, -0.2) is 0 Å². The molecular weight excluding hydrogens is 206 g/mol. The first-order valence-electron chi connectivity index (χ1n) is 4.01. The molecule has 0 aromatic carbocycles. The summed E-state index contributed by atoms with van der Waals surface area (Å²) in [4.78, 5) is 0. The van der Waals surface area contributed by atoms with Crippen LogP contribution in [-0.2, 0) is 14.4 Å². The van der Waals surface area contributed by atoms with Crippen molar-refractivity contribution in [2.75, 3.05) is 6.26 Å². The molecule has 0 saturated heterocycles. The highest BCUT2D eigenvalue weighted by molar-refractivity contribution is 7.85. The third-order valence-electron chi connectivity index (χ3n) is 1.73. The van der Waals surface area contributed by atoms with E-state index in [1.54, 1.807) is 13.8 Å². The summed E-state index contributed by atoms with van der Waals surface area (Å²) >= 11 is 0. The lowest BCUT2D eigenvalue weighted by molar-refractivity contribution is 0.191. The van der Waals surface area contributed by atoms with Crippen molar-refractivity contribution in [1.82, 2.24) is 0 Å². The molecule has 0 aliphatic carbocycles. The summed E-state index contributed by atoms with van der Waals surface area (Å²) in [5, 5.41) is 12.7. The molecule has 0 aliphatic heterocycles. The van der Waals surface area contributed by atoms with Gasteiger partial charge in [-0.2, -0.15) is 8.42 Å². The second-order valence-electron chi connectivity index (χ2n) is 3.03. The minimum atomic E-state index is -3.58. The Morgan fingerprint density at radius 2 is 2.14 bits per heavy atom. The van der Waals surface area contributed by atoms with Gasteiger partial charge in [-0.15, -0.1) is 6.58 Å². The van der Waals surface area contributed by atoms with E-state index in [9.17, 15) is 13.5 Å². The fourth-order valence-corrected chi connectivity index (χ4v) is 0.914. The quantitative estimate of drug-likeness (QED) is 0.417. The molecule has 0 spiro atoms. The van der Waals surface area contributed by atoms with Gasteiger partial charge in [0.25, 0.3) is 0 Å². The Bertz CT molecular complexity index is 320. The molecule has 0 amide bonds. The molecule has 2 atom stereocenters. The normalized spacial score (nSPS) is 17.3. The number of aliphatic hydroxyl groups is 1. The fourth-order valence-electron chi connectivity index (χ4n) is 0.661. The van der Waals surface area contributed by atoms with Crippen LogP contribution in [0.2, 0.25) is 0 Å². The molecule has 82 valence electrons. The molecule has 0 aliphatic rings. The predicted octanol–water partition coefficient (Wildman–Crippen LogP) is 0.522. The first-order valence-corrected chi connectivity index (χ1v) is 5.83. The van der Waals surface area contributed by atoms with Gasteiger partial charge in [0, 0.05) is 5.92 Å². The third kappa shape index (κ3) is 4.98. The van der Waals surface area contributed by atoms with Crippen LogP contribution in [0.4, 0.5) is 0 Å². The van der Waals surface area contributed by atoms with E-state index >= 15 is 0 Å². The maximum absolute atomic E-state index is 10.6. The second kappa shape index (κ2) is 5.11. The summed E-state index contributed by atoms with van der Waals surface area (Å²) in [6, 6.07) is 0. The van der Waals surface area contributed by atoms with Gasteiger partial charge in [0.1, 0.15) is 0 Å². The number of hydrogen-bond donors (Lipinski definition) is 1. The standard InChI is InChI=1S/C8H15NO4S/c1-5-8(10)6(2)7(3)9-13-14(4,11)12/h5-6,8,10H,1H2,2-4H3. The molecule has 0 fully saturated rings. The third-order valence-corrected chi connectivity index (χ3v) is 2.07. The van der Waals surface area contributed by atoms with E-state index in [1.165, 1.54) is 6.08 Å². The van der Waals surface area contributed by atoms with Crippen molar-refractivity contribution in [3.8, 4) is 0 Å². The molecule has 0 heterocycles. The van der Waals surface area contributed by atoms with Crippen LogP contribution in [0.25, 0.3) is 0 Å². The Morgan fingerprint density at radius 3 is 2.50 bits per heavy atom. The van der Waals surface area contributed by atoms with E-state index in [1.807, 2.05) is 0 Å². The van der Waals surface area contributed by atoms with E-state index in [0.717, 1.165) is 6.26 Å². The molecule has 0 aromatic rings. The maximum atomic E-state index is 10.6. The highest BCUT2D eigenvalue weighted by Gasteiger charge is 2.14. The van der Waals surface area contributed by atoms with Crippen molar-refractivity contribution in [3.63, 3.8) is 0 Å². The summed E-state index contributed by atoms with van der Waals surface area (Å²) in [5.41, 5.74) is 0.392. The summed E-state index contributed by atoms with van der Waals surface area (Å²) in [5.74, 6) is -0.325. The molecule has 2 unspecified atom stereocenters. The topological polar surface area (TPSA) is 76.0 Å². The van der Waals surface area contributed by atoms with Gasteiger partial charge < -0.3 is 5.11 Å². The van der Waals surface area contributed by atoms with Crippen LogP contribution < -0.4 is 0 Å². The van der Waals surface area contributed by atoms with Crippen molar-refractivity contribution in [2.24, 2.45) is 11.1 Å². The molecular formula is C8H15NO4S. The van der Waals surface area contributed by atoms with Crippen molar-refractivity contribution >= 4 is 15.8 Å². The number of aliphatic hydroxyl groups excluding tert-OH is 1. The first-order chi connectivity index (χ1) is 6.28. The Morgan fingerprint density at radius 1 is 1.64 bits per heavy atom. The van der Waals surface area contributed by atoms with Gasteiger partial charge in [0.2, 0.25) is 0 Å². The number of nitrogens with zero attached hydrogens (tertiary/aromatic N) is 1. The molecule has 1 N–H and O–H groups in total. The van der Waals surface area contributed by atoms with Gasteiger partial charge in [-0.05, 0) is 6.92 Å². The molecule has 5 nitrogen and oxygen atoms in total. The molecule has 0 rings (SSSR count). The molecule has 6 heteroatoms. The fraction of sp³-hybridized carbons (Fsp3) is 0.625. The smallest absolute Gasteiger partial charge is 0.325 e. The maximum Gasteiger partial charge on any atom is 0.325 e. The van der Waals surface area contributed by atoms with Gasteiger partial charge in [0.15, 0.2) is 0 Å². The number of hydrogen-bond acceptors (Lipinski definition) is 5. The summed E-state index contributed by atoms with van der Waals surface area (Å²) in [6.45, 7) is 6.67. The zero-order valence-corrected chi connectivity index (χ0v) is 9.28. The zero-order valence-electron chi connectivity index (χ0n) is 8.47. The average Bonchev–Trinajstić information content (AvgIpc) is 2.10. The van der Waals surface area contributed by atoms with Crippen LogP contribution in [-0.4, -0.2) is 31.6 Å². The lowest BCUT2D eigenvalue weighted by Crippen LogP contribution is -2.22. The monoisotopic (exact) mass is 221 g/mol. The molecule has 14 heavy (non-hydrogen) atoms. The molecule has 0 bridgehead atoms. The van der Waals surface area contributed by atoms with Gasteiger partial charge in [-0.1, -0.05) is 18.2 Å². The number of oxime groups is 1. The van der Waals surface area contributed by atoms with Crippen LogP contribution in [0, 0.1) is 5.92 Å². The van der Waals surface area contributed by atoms with Crippen molar-refractivity contribution < 1.29 is 17.8 Å². The van der Waals surface area contributed by atoms with E-state index in [4.69, 9.17) is 0 Å². The summed E-state index contributed by atoms with van der Waals surface area (Å²) in [6.07, 6.45) is 1.49. The van der Waals surface area contributed by atoms with Crippen LogP contribution in [0.1, 0.15) is 13.8 Å². The Labute approximate surface area is 84.2 Å². The SMILES string of the molecule is C=CC(O)C(C)C(C)=NOS(C)(=O)=O. The highest BCUT2D eigenvalue weighted by Crippen LogP contribution is 2.07. The second-order valence-corrected chi connectivity index (χ2v) is 4.58. The van der Waals surface area contributed by atoms with Gasteiger partial charge >= 0.3 is 10.1 Å². The van der Waals surface area contributed by atoms with Crippen molar-refractivity contribution in [1.29, 1.82) is 0 Å². The average molecular weight is 221 g/mol. The summed E-state index contributed by atoms with van der Waals surface area (Å²) < 4.78 is 25.4. The van der Waals surface area contributed by atoms with Crippen LogP contribution >= 0.6 is 0 Å². The number of rotatable bonds is 5. The van der Waals surface area contributed by atoms with Crippen LogP contribution in [0.5, 0.6) is 0 Å². The minimum absolute atomic E-state index is 0.325. The van der Waals surface area contributed by atoms with Gasteiger partial charge in [-0.3, -0.25) is 4.28 Å². The van der Waals surface area contributed by atoms with E-state index in [2.05, 4.69) is 16.0 Å². The van der Waals surface area contributed by atoms with E-state index in [0.29, 0.717) is 5.71 Å². The molecule has 0 saturated carbocycles. The van der Waals surface area contributed by atoms with Crippen LogP contribution in [0.15, 0.2) is 17.8 Å².